The van der Waals surface area contributed by atoms with Gasteiger partial charge in [-0.25, -0.2) is 10.6 Å². The molecule has 0 aromatic rings. The molecule has 0 bridgehead atoms. The first kappa shape index (κ1) is 16.0. The van der Waals surface area contributed by atoms with E-state index in [9.17, 15) is 4.79 Å². The summed E-state index contributed by atoms with van der Waals surface area (Å²) >= 11 is 0. The molecule has 0 spiro atoms. The third-order valence-corrected chi connectivity index (χ3v) is 3.30. The fourth-order valence-electron chi connectivity index (χ4n) is 2.32. The number of allylic oxidation sites excluding steroid dienone is 5. The lowest BCUT2D eigenvalue weighted by atomic mass is 9.93. The normalized spacial score (nSPS) is 23.6. The number of nitrogens with zero attached hydrogens (tertiary/aromatic N) is 1. The molecular weight excluding hydrogens is 254 g/mol. The molecule has 0 amide bonds. The van der Waals surface area contributed by atoms with Gasteiger partial charge >= 0.3 is 5.97 Å². The number of nitrogens with two attached hydrogens (primary N) is 2. The van der Waals surface area contributed by atoms with Crippen molar-refractivity contribution in [2.45, 2.75) is 39.2 Å². The Morgan fingerprint density at radius 3 is 2.65 bits per heavy atom. The molecule has 5 heteroatoms. The summed E-state index contributed by atoms with van der Waals surface area (Å²) in [6, 6.07) is -0.0518. The molecule has 1 aliphatic heterocycles. The highest BCUT2D eigenvalue weighted by Gasteiger charge is 2.28. The molecular formula is C15H23N3O2. The number of piperidine rings is 1. The largest absolute Gasteiger partial charge is 0.477 e. The average molecular weight is 277 g/mol. The van der Waals surface area contributed by atoms with Crippen molar-refractivity contribution in [3.8, 4) is 0 Å². The predicted octanol–water partition coefficient (Wildman–Crippen LogP) is 2.05. The van der Waals surface area contributed by atoms with Crippen LogP contribution in [0.2, 0.25) is 0 Å². The summed E-state index contributed by atoms with van der Waals surface area (Å²) < 4.78 is 0. The van der Waals surface area contributed by atoms with Gasteiger partial charge in [0.05, 0.1) is 11.7 Å². The molecule has 1 aliphatic rings. The van der Waals surface area contributed by atoms with E-state index < -0.39 is 5.97 Å². The third-order valence-electron chi connectivity index (χ3n) is 3.30. The summed E-state index contributed by atoms with van der Waals surface area (Å²) in [5.74, 6) is 4.97. The number of carboxylic acid groups (broad SMARTS) is 1. The standard InChI is InChI=1S/C15H23N3O2/c1-3-5-8-11(7-4-2)12-9-6-10-13(18(12)17)14(16)15(19)20/h3-5,7-8,12H,6,9-10,16-17H2,1-2H3,(H,19,20)/b5-3-,7-4-,11-8+,14-13-. The Kier molecular flexibility index (Phi) is 6.06. The topological polar surface area (TPSA) is 92.6 Å². The Hall–Kier alpha value is -2.01. The molecule has 1 unspecified atom stereocenters. The summed E-state index contributed by atoms with van der Waals surface area (Å²) in [5.41, 5.74) is 7.01. The summed E-state index contributed by atoms with van der Waals surface area (Å²) in [4.78, 5) is 11.0. The minimum Gasteiger partial charge on any atom is -0.477 e. The predicted molar refractivity (Wildman–Crippen MR) is 80.2 cm³/mol. The van der Waals surface area contributed by atoms with Crippen molar-refractivity contribution in [1.82, 2.24) is 5.01 Å². The Bertz CT molecular complexity index is 476. The maximum Gasteiger partial charge on any atom is 0.353 e. The summed E-state index contributed by atoms with van der Waals surface area (Å²) in [6.07, 6.45) is 12.2. The van der Waals surface area contributed by atoms with Gasteiger partial charge in [0.15, 0.2) is 0 Å². The van der Waals surface area contributed by atoms with Crippen LogP contribution in [0.1, 0.15) is 33.1 Å². The van der Waals surface area contributed by atoms with Gasteiger partial charge in [0, 0.05) is 0 Å². The fourth-order valence-corrected chi connectivity index (χ4v) is 2.32. The number of rotatable bonds is 4. The minimum absolute atomic E-state index is 0.0518. The maximum absolute atomic E-state index is 11.0. The lowest BCUT2D eigenvalue weighted by Gasteiger charge is -2.36. The summed E-state index contributed by atoms with van der Waals surface area (Å²) in [7, 11) is 0. The molecule has 1 saturated heterocycles. The van der Waals surface area contributed by atoms with Crippen LogP contribution in [0, 0.1) is 0 Å². The van der Waals surface area contributed by atoms with Gasteiger partial charge in [-0.1, -0.05) is 30.4 Å². The second-order valence-electron chi connectivity index (χ2n) is 4.67. The minimum atomic E-state index is -1.12. The monoisotopic (exact) mass is 277 g/mol. The summed E-state index contributed by atoms with van der Waals surface area (Å²) in [6.45, 7) is 3.88. The van der Waals surface area contributed by atoms with Crippen LogP contribution in [0.4, 0.5) is 0 Å². The first-order valence-corrected chi connectivity index (χ1v) is 6.74. The zero-order valence-electron chi connectivity index (χ0n) is 12.0. The molecule has 5 N–H and O–H groups in total. The van der Waals surface area contributed by atoms with E-state index in [4.69, 9.17) is 16.7 Å². The molecule has 0 aromatic heterocycles. The van der Waals surface area contributed by atoms with E-state index in [1.807, 2.05) is 44.2 Å². The average Bonchev–Trinajstić information content (AvgIpc) is 2.43. The molecule has 110 valence electrons. The molecule has 1 atom stereocenters. The number of carboxylic acids is 1. The van der Waals surface area contributed by atoms with Crippen LogP contribution >= 0.6 is 0 Å². The zero-order chi connectivity index (χ0) is 15.1. The highest BCUT2D eigenvalue weighted by atomic mass is 16.4. The number of aliphatic carboxylic acids is 1. The Morgan fingerprint density at radius 1 is 1.40 bits per heavy atom. The molecule has 0 saturated carbocycles. The van der Waals surface area contributed by atoms with Crippen LogP contribution in [0.3, 0.4) is 0 Å². The van der Waals surface area contributed by atoms with Crippen molar-refractivity contribution in [1.29, 1.82) is 0 Å². The van der Waals surface area contributed by atoms with E-state index in [2.05, 4.69) is 0 Å². The molecule has 5 nitrogen and oxygen atoms in total. The molecule has 1 heterocycles. The van der Waals surface area contributed by atoms with Crippen LogP contribution in [0.5, 0.6) is 0 Å². The van der Waals surface area contributed by atoms with Gasteiger partial charge in [0.1, 0.15) is 5.70 Å². The first-order valence-electron chi connectivity index (χ1n) is 6.74. The molecule has 1 fully saturated rings. The zero-order valence-corrected chi connectivity index (χ0v) is 12.0. The quantitative estimate of drug-likeness (QED) is 0.415. The van der Waals surface area contributed by atoms with Gasteiger partial charge in [-0.15, -0.1) is 0 Å². The number of hydrogen-bond acceptors (Lipinski definition) is 4. The van der Waals surface area contributed by atoms with Crippen LogP contribution in [0.15, 0.2) is 47.3 Å². The highest BCUT2D eigenvalue weighted by molar-refractivity contribution is 5.86. The van der Waals surface area contributed by atoms with Crippen LogP contribution in [-0.2, 0) is 4.79 Å². The van der Waals surface area contributed by atoms with E-state index in [1.165, 1.54) is 5.01 Å². The van der Waals surface area contributed by atoms with E-state index in [0.717, 1.165) is 18.4 Å². The van der Waals surface area contributed by atoms with Gasteiger partial charge in [-0.05, 0) is 38.7 Å². The second-order valence-corrected chi connectivity index (χ2v) is 4.67. The highest BCUT2D eigenvalue weighted by Crippen LogP contribution is 2.29. The molecule has 20 heavy (non-hydrogen) atoms. The van der Waals surface area contributed by atoms with Crippen molar-refractivity contribution >= 4 is 5.97 Å². The smallest absolute Gasteiger partial charge is 0.353 e. The number of hydrogen-bond donors (Lipinski definition) is 3. The van der Waals surface area contributed by atoms with E-state index in [0.29, 0.717) is 12.1 Å². The fraction of sp³-hybridized carbons (Fsp3) is 0.400. The van der Waals surface area contributed by atoms with Crippen molar-refractivity contribution in [2.24, 2.45) is 11.6 Å². The van der Waals surface area contributed by atoms with Crippen molar-refractivity contribution in [3.63, 3.8) is 0 Å². The Morgan fingerprint density at radius 2 is 2.10 bits per heavy atom. The van der Waals surface area contributed by atoms with Crippen LogP contribution in [0.25, 0.3) is 0 Å². The number of carbonyl (C=O) groups is 1. The van der Waals surface area contributed by atoms with Crippen LogP contribution in [-0.4, -0.2) is 22.1 Å². The van der Waals surface area contributed by atoms with Gasteiger partial charge in [0.25, 0.3) is 0 Å². The van der Waals surface area contributed by atoms with Gasteiger partial charge in [0.2, 0.25) is 0 Å². The molecule has 0 aromatic carbocycles. The van der Waals surface area contributed by atoms with E-state index in [1.54, 1.807) is 0 Å². The first-order chi connectivity index (χ1) is 9.52. The SMILES string of the molecule is C\C=C/C=C(\C=C/C)C1CCC/C(=C(/N)C(=O)O)N1N. The van der Waals surface area contributed by atoms with E-state index >= 15 is 0 Å². The van der Waals surface area contributed by atoms with Crippen molar-refractivity contribution < 1.29 is 9.90 Å². The van der Waals surface area contributed by atoms with Crippen molar-refractivity contribution in [2.75, 3.05) is 0 Å². The van der Waals surface area contributed by atoms with Gasteiger partial charge < -0.3 is 15.8 Å². The summed E-state index contributed by atoms with van der Waals surface area (Å²) in [5, 5.41) is 10.5. The Balaban J connectivity index is 3.12. The second kappa shape index (κ2) is 7.55. The third kappa shape index (κ3) is 3.74. The number of hydrazine groups is 1. The lowest BCUT2D eigenvalue weighted by molar-refractivity contribution is -0.132. The lowest BCUT2D eigenvalue weighted by Crippen LogP contribution is -2.45. The molecule has 0 aliphatic carbocycles. The van der Waals surface area contributed by atoms with Crippen molar-refractivity contribution in [3.05, 3.63) is 47.3 Å². The van der Waals surface area contributed by atoms with Gasteiger partial charge in [-0.3, -0.25) is 0 Å². The van der Waals surface area contributed by atoms with Gasteiger partial charge in [-0.2, -0.15) is 0 Å². The van der Waals surface area contributed by atoms with E-state index in [-0.39, 0.29) is 11.7 Å². The molecule has 1 rings (SSSR count). The molecule has 0 radical (unpaired) electrons. The maximum atomic E-state index is 11.0. The Labute approximate surface area is 119 Å². The van der Waals surface area contributed by atoms with Crippen LogP contribution < -0.4 is 11.6 Å².